The number of unbranched alkanes of at least 4 members (excludes halogenated alkanes) is 6. The first-order valence-corrected chi connectivity index (χ1v) is 6.75. The summed E-state index contributed by atoms with van der Waals surface area (Å²) in [5.41, 5.74) is 0. The van der Waals surface area contributed by atoms with Crippen LogP contribution in [0.4, 0.5) is 0 Å². The number of hydrogen-bond acceptors (Lipinski definition) is 4. The number of nitriles is 2. The molecule has 0 bridgehead atoms. The number of hydrogen-bond donors (Lipinski definition) is 0. The minimum absolute atomic E-state index is 0.497. The molecule has 0 rings (SSSR count). The summed E-state index contributed by atoms with van der Waals surface area (Å²) in [7, 11) is 0. The molecule has 0 fully saturated rings. The van der Waals surface area contributed by atoms with E-state index in [9.17, 15) is 4.79 Å². The molecule has 0 aliphatic rings. The summed E-state index contributed by atoms with van der Waals surface area (Å²) in [5.74, 6) is 0. The normalized spacial score (nSPS) is 9.94. The van der Waals surface area contributed by atoms with Gasteiger partial charge >= 0.3 is 0 Å². The predicted octanol–water partition coefficient (Wildman–Crippen LogP) is 2.66. The van der Waals surface area contributed by atoms with Crippen LogP contribution < -0.4 is 0 Å². The van der Waals surface area contributed by atoms with Gasteiger partial charge in [-0.25, -0.2) is 0 Å². The molecule has 0 unspecified atom stereocenters. The highest BCUT2D eigenvalue weighted by Gasteiger charge is 2.03. The molecule has 0 aromatic carbocycles. The van der Waals surface area contributed by atoms with Crippen molar-refractivity contribution in [3.8, 4) is 12.1 Å². The van der Waals surface area contributed by atoms with Gasteiger partial charge in [-0.3, -0.25) is 4.90 Å². The Morgan fingerprint density at radius 3 is 1.72 bits per heavy atom. The van der Waals surface area contributed by atoms with Gasteiger partial charge in [0, 0.05) is 12.8 Å². The fourth-order valence-electron chi connectivity index (χ4n) is 1.83. The molecule has 100 valence electrons. The van der Waals surface area contributed by atoms with Gasteiger partial charge in [-0.05, 0) is 38.8 Å². The van der Waals surface area contributed by atoms with Crippen LogP contribution in [0, 0.1) is 22.7 Å². The standard InChI is InChI=1S/C14H23N3O/c15-9-5-1-3-7-11-17(13-14-18)12-8-4-2-6-10-16/h14H,1-8,11-13H2. The van der Waals surface area contributed by atoms with Gasteiger partial charge in [0.1, 0.15) is 6.29 Å². The third-order valence-electron chi connectivity index (χ3n) is 2.86. The van der Waals surface area contributed by atoms with Gasteiger partial charge in [0.25, 0.3) is 0 Å². The molecule has 0 radical (unpaired) electrons. The summed E-state index contributed by atoms with van der Waals surface area (Å²) < 4.78 is 0. The number of aldehydes is 1. The first-order valence-electron chi connectivity index (χ1n) is 6.75. The van der Waals surface area contributed by atoms with E-state index in [0.717, 1.165) is 57.9 Å². The molecule has 0 N–H and O–H groups in total. The van der Waals surface area contributed by atoms with Crippen molar-refractivity contribution in [2.75, 3.05) is 19.6 Å². The molecule has 0 aromatic heterocycles. The molecule has 0 amide bonds. The summed E-state index contributed by atoms with van der Waals surface area (Å²) >= 11 is 0. The van der Waals surface area contributed by atoms with Gasteiger partial charge in [0.05, 0.1) is 18.7 Å². The molecule has 0 saturated heterocycles. The minimum Gasteiger partial charge on any atom is -0.302 e. The van der Waals surface area contributed by atoms with E-state index in [1.165, 1.54) is 0 Å². The Hall–Kier alpha value is -1.39. The summed E-state index contributed by atoms with van der Waals surface area (Å²) in [6.45, 7) is 2.36. The van der Waals surface area contributed by atoms with Crippen molar-refractivity contribution < 1.29 is 4.79 Å². The monoisotopic (exact) mass is 249 g/mol. The molecule has 4 nitrogen and oxygen atoms in total. The molecule has 0 aromatic rings. The third kappa shape index (κ3) is 11.1. The lowest BCUT2D eigenvalue weighted by molar-refractivity contribution is -0.108. The Morgan fingerprint density at radius 1 is 0.833 bits per heavy atom. The van der Waals surface area contributed by atoms with E-state index in [4.69, 9.17) is 10.5 Å². The lowest BCUT2D eigenvalue weighted by Crippen LogP contribution is -2.28. The Morgan fingerprint density at radius 2 is 1.33 bits per heavy atom. The number of rotatable bonds is 12. The summed E-state index contributed by atoms with van der Waals surface area (Å²) in [5, 5.41) is 16.8. The van der Waals surface area contributed by atoms with Crippen molar-refractivity contribution in [3.05, 3.63) is 0 Å². The highest BCUT2D eigenvalue weighted by molar-refractivity contribution is 5.51. The van der Waals surface area contributed by atoms with Crippen molar-refractivity contribution >= 4 is 6.29 Å². The number of nitrogens with zero attached hydrogens (tertiary/aromatic N) is 3. The second-order valence-electron chi connectivity index (χ2n) is 4.40. The van der Waals surface area contributed by atoms with Gasteiger partial charge in [-0.15, -0.1) is 0 Å². The molecule has 18 heavy (non-hydrogen) atoms. The van der Waals surface area contributed by atoms with Crippen LogP contribution in [-0.4, -0.2) is 30.8 Å². The van der Waals surface area contributed by atoms with E-state index < -0.39 is 0 Å². The zero-order valence-corrected chi connectivity index (χ0v) is 11.1. The van der Waals surface area contributed by atoms with E-state index in [-0.39, 0.29) is 0 Å². The lowest BCUT2D eigenvalue weighted by Gasteiger charge is -2.19. The first-order chi connectivity index (χ1) is 8.85. The van der Waals surface area contributed by atoms with Gasteiger partial charge in [0.15, 0.2) is 0 Å². The second kappa shape index (κ2) is 13.7. The Labute approximate surface area is 110 Å². The number of carbonyl (C=O) groups is 1. The summed E-state index contributed by atoms with van der Waals surface area (Å²) in [6, 6.07) is 4.28. The fraction of sp³-hybridized carbons (Fsp3) is 0.786. The van der Waals surface area contributed by atoms with Crippen LogP contribution in [0.2, 0.25) is 0 Å². The average molecular weight is 249 g/mol. The molecular formula is C14H23N3O. The van der Waals surface area contributed by atoms with E-state index in [1.54, 1.807) is 0 Å². The highest BCUT2D eigenvalue weighted by Crippen LogP contribution is 2.04. The fourth-order valence-corrected chi connectivity index (χ4v) is 1.83. The maximum Gasteiger partial charge on any atom is 0.133 e. The summed E-state index contributed by atoms with van der Waals surface area (Å²) in [6.07, 6.45) is 8.31. The summed E-state index contributed by atoms with van der Waals surface area (Å²) in [4.78, 5) is 12.7. The molecular weight excluding hydrogens is 226 g/mol. The van der Waals surface area contributed by atoms with Crippen molar-refractivity contribution in [2.24, 2.45) is 0 Å². The van der Waals surface area contributed by atoms with Crippen molar-refractivity contribution in [1.29, 1.82) is 10.5 Å². The Bertz CT molecular complexity index is 254. The molecule has 4 heteroatoms. The van der Waals surface area contributed by atoms with Crippen molar-refractivity contribution in [2.45, 2.75) is 51.4 Å². The van der Waals surface area contributed by atoms with E-state index in [2.05, 4.69) is 17.0 Å². The highest BCUT2D eigenvalue weighted by atomic mass is 16.1. The van der Waals surface area contributed by atoms with Crippen LogP contribution >= 0.6 is 0 Å². The lowest BCUT2D eigenvalue weighted by atomic mass is 10.1. The first kappa shape index (κ1) is 16.6. The van der Waals surface area contributed by atoms with Crippen LogP contribution in [0.1, 0.15) is 51.4 Å². The molecule has 0 atom stereocenters. The molecule has 0 spiro atoms. The van der Waals surface area contributed by atoms with Gasteiger partial charge in [-0.2, -0.15) is 10.5 Å². The molecule has 0 aliphatic carbocycles. The largest absolute Gasteiger partial charge is 0.302 e. The van der Waals surface area contributed by atoms with Crippen molar-refractivity contribution in [3.63, 3.8) is 0 Å². The van der Waals surface area contributed by atoms with E-state index in [1.807, 2.05) is 0 Å². The maximum atomic E-state index is 10.6. The quantitative estimate of drug-likeness (QED) is 0.394. The van der Waals surface area contributed by atoms with E-state index >= 15 is 0 Å². The Balaban J connectivity index is 3.56. The van der Waals surface area contributed by atoms with Crippen LogP contribution in [0.25, 0.3) is 0 Å². The predicted molar refractivity (Wildman–Crippen MR) is 70.7 cm³/mol. The zero-order chi connectivity index (χ0) is 13.5. The van der Waals surface area contributed by atoms with Crippen LogP contribution in [0.15, 0.2) is 0 Å². The second-order valence-corrected chi connectivity index (χ2v) is 4.40. The topological polar surface area (TPSA) is 67.9 Å². The van der Waals surface area contributed by atoms with Crippen LogP contribution in [0.3, 0.4) is 0 Å². The van der Waals surface area contributed by atoms with Gasteiger partial charge in [0.2, 0.25) is 0 Å². The molecule has 0 saturated carbocycles. The van der Waals surface area contributed by atoms with Crippen LogP contribution in [-0.2, 0) is 4.79 Å². The van der Waals surface area contributed by atoms with Gasteiger partial charge in [-0.1, -0.05) is 12.8 Å². The number of carbonyl (C=O) groups excluding carboxylic acids is 1. The maximum absolute atomic E-state index is 10.6. The third-order valence-corrected chi connectivity index (χ3v) is 2.86. The minimum atomic E-state index is 0.497. The average Bonchev–Trinajstić information content (AvgIpc) is 2.38. The smallest absolute Gasteiger partial charge is 0.133 e. The van der Waals surface area contributed by atoms with Crippen molar-refractivity contribution in [1.82, 2.24) is 4.90 Å². The molecule has 0 heterocycles. The zero-order valence-electron chi connectivity index (χ0n) is 11.1. The van der Waals surface area contributed by atoms with E-state index in [0.29, 0.717) is 19.4 Å². The Kier molecular flexibility index (Phi) is 12.6. The molecule has 0 aliphatic heterocycles. The van der Waals surface area contributed by atoms with Crippen LogP contribution in [0.5, 0.6) is 0 Å². The van der Waals surface area contributed by atoms with Gasteiger partial charge < -0.3 is 4.79 Å². The SMILES string of the molecule is N#CCCCCCN(CC=O)CCCCCC#N.